The largest absolute Gasteiger partial charge is 0.478 e. The number of fused-ring (bicyclic) bond motifs is 1. The highest BCUT2D eigenvalue weighted by Gasteiger charge is 2.03. The number of benzene rings is 1. The average molecular weight is 303 g/mol. The summed E-state index contributed by atoms with van der Waals surface area (Å²) in [7, 11) is 3.91. The third-order valence-corrected chi connectivity index (χ3v) is 2.56. The van der Waals surface area contributed by atoms with Gasteiger partial charge in [0.15, 0.2) is 0 Å². The molecule has 22 heavy (non-hydrogen) atoms. The molecule has 7 nitrogen and oxygen atoms in total. The molecule has 116 valence electrons. The molecule has 0 saturated heterocycles. The lowest BCUT2D eigenvalue weighted by Crippen LogP contribution is -2.11. The van der Waals surface area contributed by atoms with Gasteiger partial charge in [-0.25, -0.2) is 14.6 Å². The van der Waals surface area contributed by atoms with E-state index < -0.39 is 11.9 Å². The van der Waals surface area contributed by atoms with Gasteiger partial charge in [0.05, 0.1) is 5.52 Å². The van der Waals surface area contributed by atoms with Crippen molar-refractivity contribution in [1.29, 1.82) is 0 Å². The monoisotopic (exact) mass is 303 g/mol. The van der Waals surface area contributed by atoms with Crippen LogP contribution in [0.1, 0.15) is 0 Å². The Morgan fingerprint density at radius 1 is 1.14 bits per heavy atom. The summed E-state index contributed by atoms with van der Waals surface area (Å²) >= 11 is 0. The molecule has 0 aliphatic heterocycles. The maximum atomic E-state index is 9.55. The number of nitrogens with zero attached hydrogens (tertiary/aromatic N) is 2. The van der Waals surface area contributed by atoms with Crippen LogP contribution in [-0.4, -0.2) is 41.2 Å². The van der Waals surface area contributed by atoms with Gasteiger partial charge in [-0.2, -0.15) is 0 Å². The highest BCUT2D eigenvalue weighted by molar-refractivity contribution is 5.91. The van der Waals surface area contributed by atoms with Gasteiger partial charge < -0.3 is 20.8 Å². The highest BCUT2D eigenvalue weighted by Crippen LogP contribution is 2.23. The molecular weight excluding hydrogens is 286 g/mol. The van der Waals surface area contributed by atoms with Crippen LogP contribution in [0.25, 0.3) is 10.9 Å². The summed E-state index contributed by atoms with van der Waals surface area (Å²) in [5, 5.41) is 16.6. The van der Waals surface area contributed by atoms with Gasteiger partial charge in [0.1, 0.15) is 5.82 Å². The number of nitrogens with two attached hydrogens (primary N) is 1. The standard InChI is InChI=1S/C11H13N3.C4H4O4/c1-14(2)11-7-9(12)8-5-3-4-6-10(8)13-11;5-3(6)1-2-4(7)8/h3-7H,1-2H3,(H2,12,13);1-2H,(H,5,6)(H,7,8)/b;2-1+. The van der Waals surface area contributed by atoms with Gasteiger partial charge >= 0.3 is 11.9 Å². The van der Waals surface area contributed by atoms with Gasteiger partial charge in [0, 0.05) is 43.4 Å². The zero-order valence-corrected chi connectivity index (χ0v) is 12.2. The van der Waals surface area contributed by atoms with Crippen molar-refractivity contribution in [3.8, 4) is 0 Å². The average Bonchev–Trinajstić information content (AvgIpc) is 2.45. The minimum absolute atomic E-state index is 0.558. The Morgan fingerprint density at radius 2 is 1.68 bits per heavy atom. The van der Waals surface area contributed by atoms with E-state index in [1.165, 1.54) is 0 Å². The molecule has 0 spiro atoms. The summed E-state index contributed by atoms with van der Waals surface area (Å²) in [6.45, 7) is 0. The Kier molecular flexibility index (Phi) is 5.88. The van der Waals surface area contributed by atoms with Crippen LogP contribution in [0.15, 0.2) is 42.5 Å². The molecular formula is C15H17N3O4. The maximum Gasteiger partial charge on any atom is 0.328 e. The van der Waals surface area contributed by atoms with Crippen LogP contribution in [0.5, 0.6) is 0 Å². The van der Waals surface area contributed by atoms with E-state index in [1.807, 2.05) is 49.3 Å². The number of anilines is 2. The summed E-state index contributed by atoms with van der Waals surface area (Å²) in [4.78, 5) is 25.5. The van der Waals surface area contributed by atoms with E-state index in [0.29, 0.717) is 12.2 Å². The SMILES string of the molecule is CN(C)c1cc(N)c2ccccc2n1.O=C(O)/C=C/C(=O)O. The molecule has 7 heteroatoms. The van der Waals surface area contributed by atoms with Gasteiger partial charge in [-0.1, -0.05) is 18.2 Å². The molecule has 1 heterocycles. The van der Waals surface area contributed by atoms with Crippen molar-refractivity contribution in [2.24, 2.45) is 0 Å². The third kappa shape index (κ3) is 5.12. The molecule has 0 aliphatic rings. The molecule has 1 aromatic heterocycles. The smallest absolute Gasteiger partial charge is 0.328 e. The second-order valence-electron chi connectivity index (χ2n) is 4.49. The summed E-state index contributed by atoms with van der Waals surface area (Å²) in [5.41, 5.74) is 7.65. The fourth-order valence-electron chi connectivity index (χ4n) is 1.56. The number of carboxylic acids is 2. The van der Waals surface area contributed by atoms with Gasteiger partial charge in [0.25, 0.3) is 0 Å². The Balaban J connectivity index is 0.000000261. The van der Waals surface area contributed by atoms with Crippen LogP contribution in [-0.2, 0) is 9.59 Å². The van der Waals surface area contributed by atoms with Crippen molar-refractivity contribution in [1.82, 2.24) is 4.98 Å². The first-order chi connectivity index (χ1) is 10.3. The molecule has 2 aromatic rings. The third-order valence-electron chi connectivity index (χ3n) is 2.56. The molecule has 0 saturated carbocycles. The van der Waals surface area contributed by atoms with Crippen LogP contribution < -0.4 is 10.6 Å². The predicted molar refractivity (Wildman–Crippen MR) is 84.9 cm³/mol. The van der Waals surface area contributed by atoms with E-state index in [9.17, 15) is 9.59 Å². The Labute approximate surface area is 127 Å². The van der Waals surface area contributed by atoms with Crippen molar-refractivity contribution in [3.05, 3.63) is 42.5 Å². The number of aromatic nitrogens is 1. The number of aliphatic carboxylic acids is 2. The molecule has 2 rings (SSSR count). The maximum absolute atomic E-state index is 9.55. The summed E-state index contributed by atoms with van der Waals surface area (Å²) in [6.07, 6.45) is 1.12. The van der Waals surface area contributed by atoms with Gasteiger partial charge in [-0.05, 0) is 6.07 Å². The minimum Gasteiger partial charge on any atom is -0.478 e. The zero-order chi connectivity index (χ0) is 16.7. The number of hydrogen-bond donors (Lipinski definition) is 3. The topological polar surface area (TPSA) is 117 Å². The van der Waals surface area contributed by atoms with Crippen LogP contribution in [0.2, 0.25) is 0 Å². The highest BCUT2D eigenvalue weighted by atomic mass is 16.4. The first-order valence-electron chi connectivity index (χ1n) is 6.27. The number of nitrogen functional groups attached to an aromatic ring is 1. The Hall–Kier alpha value is -3.09. The van der Waals surface area contributed by atoms with Crippen LogP contribution >= 0.6 is 0 Å². The second-order valence-corrected chi connectivity index (χ2v) is 4.49. The molecule has 1 aromatic carbocycles. The zero-order valence-electron chi connectivity index (χ0n) is 12.2. The number of carbonyl (C=O) groups is 2. The normalized spacial score (nSPS) is 10.1. The lowest BCUT2D eigenvalue weighted by molar-refractivity contribution is -0.134. The molecule has 0 atom stereocenters. The fraction of sp³-hybridized carbons (Fsp3) is 0.133. The predicted octanol–water partition coefficient (Wildman–Crippen LogP) is 1.59. The first kappa shape index (κ1) is 17.0. The van der Waals surface area contributed by atoms with Gasteiger partial charge in [0.2, 0.25) is 0 Å². The summed E-state index contributed by atoms with van der Waals surface area (Å²) in [6, 6.07) is 9.78. The fourth-order valence-corrected chi connectivity index (χ4v) is 1.56. The van der Waals surface area contributed by atoms with Crippen molar-refractivity contribution in [2.45, 2.75) is 0 Å². The molecule has 4 N–H and O–H groups in total. The van der Waals surface area contributed by atoms with E-state index in [4.69, 9.17) is 15.9 Å². The molecule has 0 bridgehead atoms. The lowest BCUT2D eigenvalue weighted by atomic mass is 10.2. The number of para-hydroxylation sites is 1. The lowest BCUT2D eigenvalue weighted by Gasteiger charge is -2.13. The summed E-state index contributed by atoms with van der Waals surface area (Å²) in [5.74, 6) is -1.62. The van der Waals surface area contributed by atoms with E-state index in [0.717, 1.165) is 22.4 Å². The number of rotatable bonds is 3. The van der Waals surface area contributed by atoms with Crippen LogP contribution in [0.4, 0.5) is 11.5 Å². The first-order valence-corrected chi connectivity index (χ1v) is 6.27. The molecule has 0 radical (unpaired) electrons. The van der Waals surface area contributed by atoms with Crippen LogP contribution in [0, 0.1) is 0 Å². The van der Waals surface area contributed by atoms with E-state index in [2.05, 4.69) is 4.98 Å². The number of hydrogen-bond acceptors (Lipinski definition) is 5. The second kappa shape index (κ2) is 7.63. The van der Waals surface area contributed by atoms with Crippen molar-refractivity contribution >= 4 is 34.3 Å². The minimum atomic E-state index is -1.26. The Bertz CT molecular complexity index is 695. The number of carboxylic acid groups (broad SMARTS) is 2. The Morgan fingerprint density at radius 3 is 2.18 bits per heavy atom. The quantitative estimate of drug-likeness (QED) is 0.737. The number of pyridine rings is 1. The van der Waals surface area contributed by atoms with Crippen molar-refractivity contribution in [2.75, 3.05) is 24.7 Å². The van der Waals surface area contributed by atoms with Crippen LogP contribution in [0.3, 0.4) is 0 Å². The van der Waals surface area contributed by atoms with E-state index in [1.54, 1.807) is 0 Å². The van der Waals surface area contributed by atoms with Gasteiger partial charge in [-0.15, -0.1) is 0 Å². The van der Waals surface area contributed by atoms with E-state index >= 15 is 0 Å². The molecule has 0 amide bonds. The van der Waals surface area contributed by atoms with Crippen molar-refractivity contribution < 1.29 is 19.8 Å². The van der Waals surface area contributed by atoms with Gasteiger partial charge in [-0.3, -0.25) is 0 Å². The molecule has 0 fully saturated rings. The van der Waals surface area contributed by atoms with E-state index in [-0.39, 0.29) is 0 Å². The summed E-state index contributed by atoms with van der Waals surface area (Å²) < 4.78 is 0. The molecule has 0 unspecified atom stereocenters. The molecule has 0 aliphatic carbocycles. The van der Waals surface area contributed by atoms with Crippen molar-refractivity contribution in [3.63, 3.8) is 0 Å².